The van der Waals surface area contributed by atoms with Gasteiger partial charge in [-0.25, -0.2) is 4.98 Å². The number of benzene rings is 1. The van der Waals surface area contributed by atoms with Crippen LogP contribution >= 0.6 is 11.8 Å². The van der Waals surface area contributed by atoms with Crippen molar-refractivity contribution in [3.05, 3.63) is 24.3 Å². The highest BCUT2D eigenvalue weighted by atomic mass is 32.2. The predicted molar refractivity (Wildman–Crippen MR) is 121 cm³/mol. The van der Waals surface area contributed by atoms with Gasteiger partial charge in [-0.2, -0.15) is 0 Å². The van der Waals surface area contributed by atoms with Crippen LogP contribution in [0.1, 0.15) is 45.4 Å². The molecule has 0 saturated heterocycles. The smallest absolute Gasteiger partial charge is 0.230 e. The maximum Gasteiger partial charge on any atom is 0.230 e. The van der Waals surface area contributed by atoms with Crippen LogP contribution in [-0.4, -0.2) is 41.0 Å². The molecule has 1 aromatic heterocycles. The molecule has 0 spiro atoms. The van der Waals surface area contributed by atoms with Crippen LogP contribution in [0.2, 0.25) is 0 Å². The number of imidazole rings is 1. The van der Waals surface area contributed by atoms with Crippen molar-refractivity contribution in [2.45, 2.75) is 63.2 Å². The van der Waals surface area contributed by atoms with Crippen molar-refractivity contribution in [1.29, 1.82) is 0 Å². The number of amides is 1. The number of thioether (sulfide) groups is 1. The van der Waals surface area contributed by atoms with E-state index < -0.39 is 0 Å². The van der Waals surface area contributed by atoms with Gasteiger partial charge in [0.2, 0.25) is 5.91 Å². The summed E-state index contributed by atoms with van der Waals surface area (Å²) in [5, 5.41) is 4.28. The summed E-state index contributed by atoms with van der Waals surface area (Å²) >= 11 is 1.53. The number of ether oxygens (including phenoxy) is 1. The zero-order valence-corrected chi connectivity index (χ0v) is 18.9. The van der Waals surface area contributed by atoms with E-state index >= 15 is 0 Å². The van der Waals surface area contributed by atoms with Gasteiger partial charge >= 0.3 is 0 Å². The molecule has 162 valence electrons. The fraction of sp³-hybridized carbons (Fsp3) is 0.667. The van der Waals surface area contributed by atoms with Gasteiger partial charge in [-0.1, -0.05) is 23.9 Å². The normalized spacial score (nSPS) is 30.7. The van der Waals surface area contributed by atoms with E-state index in [0.29, 0.717) is 17.8 Å². The van der Waals surface area contributed by atoms with E-state index in [1.807, 2.05) is 18.2 Å². The Labute approximate surface area is 183 Å². The van der Waals surface area contributed by atoms with Crippen molar-refractivity contribution >= 4 is 28.7 Å². The first kappa shape index (κ1) is 20.4. The van der Waals surface area contributed by atoms with E-state index in [4.69, 9.17) is 9.72 Å². The molecule has 0 radical (unpaired) electrons. The zero-order valence-electron chi connectivity index (χ0n) is 18.1. The van der Waals surface area contributed by atoms with Gasteiger partial charge in [0.05, 0.1) is 23.4 Å². The molecule has 4 aliphatic rings. The molecule has 30 heavy (non-hydrogen) atoms. The van der Waals surface area contributed by atoms with E-state index in [1.54, 1.807) is 7.11 Å². The second kappa shape index (κ2) is 8.19. The van der Waals surface area contributed by atoms with Crippen molar-refractivity contribution < 1.29 is 9.53 Å². The number of hydrogen-bond donors (Lipinski definition) is 1. The SMILES string of the molecule is COCCn1c(SCC(=O)N[C@H](C)C23CC4CC(CC(C4)C2)C3)nc2ccccc21. The average Bonchev–Trinajstić information content (AvgIpc) is 3.07. The first-order chi connectivity index (χ1) is 14.6. The Bertz CT molecular complexity index is 889. The number of nitrogens with zero attached hydrogens (tertiary/aromatic N) is 2. The largest absolute Gasteiger partial charge is 0.383 e. The van der Waals surface area contributed by atoms with Gasteiger partial charge in [-0.15, -0.1) is 0 Å². The van der Waals surface area contributed by atoms with E-state index in [0.717, 1.165) is 40.5 Å². The second-order valence-electron chi connectivity index (χ2n) is 9.89. The van der Waals surface area contributed by atoms with Crippen LogP contribution in [0.25, 0.3) is 11.0 Å². The van der Waals surface area contributed by atoms with Gasteiger partial charge in [-0.3, -0.25) is 4.79 Å². The standard InChI is InChI=1S/C24H33N3O2S/c1-16(24-12-17-9-18(13-24)11-19(10-17)14-24)25-22(28)15-30-23-26-20-5-3-4-6-21(20)27(23)7-8-29-2/h3-6,16-19H,7-15H2,1-2H3,(H,25,28)/t16-,17?,18?,19?,24?/m1/s1. The minimum absolute atomic E-state index is 0.133. The minimum Gasteiger partial charge on any atom is -0.383 e. The molecular weight excluding hydrogens is 394 g/mol. The first-order valence-corrected chi connectivity index (χ1v) is 12.4. The lowest BCUT2D eigenvalue weighted by molar-refractivity contribution is -0.123. The number of para-hydroxylation sites is 2. The van der Waals surface area contributed by atoms with Gasteiger partial charge in [-0.05, 0) is 80.8 Å². The summed E-state index contributed by atoms with van der Waals surface area (Å²) in [6, 6.07) is 8.41. The quantitative estimate of drug-likeness (QED) is 0.631. The third kappa shape index (κ3) is 3.77. The Balaban J connectivity index is 1.23. The van der Waals surface area contributed by atoms with Gasteiger partial charge in [0, 0.05) is 19.7 Å². The Morgan fingerprint density at radius 2 is 1.90 bits per heavy atom. The van der Waals surface area contributed by atoms with Crippen LogP contribution in [0, 0.1) is 23.2 Å². The Hall–Kier alpha value is -1.53. The molecule has 5 nitrogen and oxygen atoms in total. The molecule has 1 heterocycles. The Kier molecular flexibility index (Phi) is 5.56. The second-order valence-corrected chi connectivity index (χ2v) is 10.8. The Morgan fingerprint density at radius 1 is 1.23 bits per heavy atom. The van der Waals surface area contributed by atoms with E-state index in [-0.39, 0.29) is 11.9 Å². The van der Waals surface area contributed by atoms with Gasteiger partial charge in [0.1, 0.15) is 0 Å². The van der Waals surface area contributed by atoms with E-state index in [1.165, 1.54) is 50.3 Å². The number of hydrogen-bond acceptors (Lipinski definition) is 4. The predicted octanol–water partition coefficient (Wildman–Crippen LogP) is 4.50. The molecule has 1 N–H and O–H groups in total. The van der Waals surface area contributed by atoms with Crippen LogP contribution in [0.5, 0.6) is 0 Å². The molecule has 2 aromatic rings. The highest BCUT2D eigenvalue weighted by molar-refractivity contribution is 7.99. The van der Waals surface area contributed by atoms with Crippen molar-refractivity contribution in [3.8, 4) is 0 Å². The van der Waals surface area contributed by atoms with Crippen molar-refractivity contribution in [3.63, 3.8) is 0 Å². The minimum atomic E-state index is 0.133. The number of nitrogens with one attached hydrogen (secondary N) is 1. The fourth-order valence-corrected chi connectivity index (χ4v) is 7.69. The van der Waals surface area contributed by atoms with Crippen LogP contribution in [0.4, 0.5) is 0 Å². The van der Waals surface area contributed by atoms with Crippen molar-refractivity contribution in [2.75, 3.05) is 19.5 Å². The molecular formula is C24H33N3O2S. The van der Waals surface area contributed by atoms with Crippen LogP contribution in [-0.2, 0) is 16.1 Å². The molecule has 4 bridgehead atoms. The van der Waals surface area contributed by atoms with E-state index in [9.17, 15) is 4.79 Å². The third-order valence-corrected chi connectivity index (χ3v) is 8.83. The summed E-state index contributed by atoms with van der Waals surface area (Å²) in [4.78, 5) is 17.6. The Morgan fingerprint density at radius 3 is 2.57 bits per heavy atom. The van der Waals surface area contributed by atoms with Crippen molar-refractivity contribution in [1.82, 2.24) is 14.9 Å². The monoisotopic (exact) mass is 427 g/mol. The number of aromatic nitrogens is 2. The molecule has 1 amide bonds. The molecule has 0 unspecified atom stereocenters. The summed E-state index contributed by atoms with van der Waals surface area (Å²) < 4.78 is 7.44. The van der Waals surface area contributed by atoms with Crippen LogP contribution in [0.15, 0.2) is 29.4 Å². The van der Waals surface area contributed by atoms with Crippen LogP contribution in [0.3, 0.4) is 0 Å². The molecule has 6 heteroatoms. The number of fused-ring (bicyclic) bond motifs is 1. The number of rotatable bonds is 8. The molecule has 6 rings (SSSR count). The maximum absolute atomic E-state index is 12.9. The summed E-state index contributed by atoms with van der Waals surface area (Å²) in [6.07, 6.45) is 8.27. The molecule has 0 aliphatic heterocycles. The summed E-state index contributed by atoms with van der Waals surface area (Å²) in [5.41, 5.74) is 2.42. The molecule has 4 aliphatic carbocycles. The first-order valence-electron chi connectivity index (χ1n) is 11.4. The number of methoxy groups -OCH3 is 1. The zero-order chi connectivity index (χ0) is 20.7. The molecule has 4 fully saturated rings. The molecule has 4 saturated carbocycles. The average molecular weight is 428 g/mol. The lowest BCUT2D eigenvalue weighted by Gasteiger charge is -2.59. The van der Waals surface area contributed by atoms with Gasteiger partial charge in [0.15, 0.2) is 5.16 Å². The number of carbonyl (C=O) groups excluding carboxylic acids is 1. The topological polar surface area (TPSA) is 56.1 Å². The van der Waals surface area contributed by atoms with E-state index in [2.05, 4.69) is 22.9 Å². The molecule has 1 atom stereocenters. The lowest BCUT2D eigenvalue weighted by Crippen LogP contribution is -2.56. The molecule has 1 aromatic carbocycles. The maximum atomic E-state index is 12.9. The summed E-state index contributed by atoms with van der Waals surface area (Å²) in [7, 11) is 1.71. The summed E-state index contributed by atoms with van der Waals surface area (Å²) in [5.74, 6) is 3.27. The highest BCUT2D eigenvalue weighted by Crippen LogP contribution is 2.61. The summed E-state index contributed by atoms with van der Waals surface area (Å²) in [6.45, 7) is 3.62. The number of carbonyl (C=O) groups is 1. The van der Waals surface area contributed by atoms with Gasteiger partial charge in [0.25, 0.3) is 0 Å². The highest BCUT2D eigenvalue weighted by Gasteiger charge is 2.53. The van der Waals surface area contributed by atoms with Gasteiger partial charge < -0.3 is 14.6 Å². The lowest BCUT2D eigenvalue weighted by atomic mass is 9.48. The van der Waals surface area contributed by atoms with Crippen LogP contribution < -0.4 is 5.32 Å². The van der Waals surface area contributed by atoms with Crippen molar-refractivity contribution in [2.24, 2.45) is 23.2 Å². The fourth-order valence-electron chi connectivity index (χ4n) is 6.84. The third-order valence-electron chi connectivity index (χ3n) is 7.85.